The molecule has 184 valence electrons. The van der Waals surface area contributed by atoms with E-state index < -0.39 is 6.10 Å². The smallest absolute Gasteiger partial charge is 0.222 e. The fraction of sp³-hybridized carbons (Fsp3) is 0.296. The number of ether oxygens (including phenoxy) is 2. The number of hydrogen-bond donors (Lipinski definition) is 1. The topological polar surface area (TPSA) is 72.9 Å². The maximum Gasteiger partial charge on any atom is 0.222 e. The highest BCUT2D eigenvalue weighted by Crippen LogP contribution is 2.34. The van der Waals surface area contributed by atoms with Gasteiger partial charge in [-0.2, -0.15) is 5.10 Å². The molecule has 0 saturated heterocycles. The third kappa shape index (κ3) is 6.57. The second kappa shape index (κ2) is 11.8. The van der Waals surface area contributed by atoms with E-state index in [1.807, 2.05) is 49.4 Å². The third-order valence-electron chi connectivity index (χ3n) is 5.47. The van der Waals surface area contributed by atoms with Gasteiger partial charge >= 0.3 is 0 Å². The fourth-order valence-corrected chi connectivity index (χ4v) is 3.93. The average Bonchev–Trinajstić information content (AvgIpc) is 3.47. The van der Waals surface area contributed by atoms with E-state index in [4.69, 9.17) is 19.0 Å². The van der Waals surface area contributed by atoms with E-state index in [9.17, 15) is 9.50 Å². The van der Waals surface area contributed by atoms with E-state index in [0.29, 0.717) is 37.9 Å². The standard InChI is InChI=1S/C27H30FN3O4/c1-3-33-19-22(32)16-31(17-24-13-8-14-34-24)18-25-26(20-9-5-4-6-10-20)29-30(2)27(25)35-23-12-7-11-21(28)15-23/h4-15,22,32H,3,16-19H2,1-2H3/t22-/m0/s1. The Bertz CT molecular complexity index is 1190. The molecule has 2 aromatic heterocycles. The van der Waals surface area contributed by atoms with Gasteiger partial charge in [0, 0.05) is 38.4 Å². The minimum atomic E-state index is -0.686. The molecule has 35 heavy (non-hydrogen) atoms. The van der Waals surface area contributed by atoms with Crippen molar-refractivity contribution in [3.05, 3.63) is 90.1 Å². The molecule has 0 aliphatic carbocycles. The molecule has 1 N–H and O–H groups in total. The van der Waals surface area contributed by atoms with Crippen LogP contribution in [0.15, 0.2) is 77.4 Å². The molecule has 1 atom stereocenters. The van der Waals surface area contributed by atoms with Gasteiger partial charge in [-0.1, -0.05) is 36.4 Å². The summed E-state index contributed by atoms with van der Waals surface area (Å²) in [5.74, 6) is 1.26. The number of aliphatic hydroxyl groups excluding tert-OH is 1. The number of aryl methyl sites for hydroxylation is 1. The van der Waals surface area contributed by atoms with Gasteiger partial charge in [-0.25, -0.2) is 9.07 Å². The van der Waals surface area contributed by atoms with Crippen LogP contribution >= 0.6 is 0 Å². The first-order valence-corrected chi connectivity index (χ1v) is 11.6. The lowest BCUT2D eigenvalue weighted by molar-refractivity contribution is 0.0167. The SMILES string of the molecule is CCOC[C@@H](O)CN(Cc1ccco1)Cc1c(-c2ccccc2)nn(C)c1Oc1cccc(F)c1. The molecule has 4 rings (SSSR count). The molecule has 7 nitrogen and oxygen atoms in total. The van der Waals surface area contributed by atoms with Gasteiger partial charge < -0.3 is 19.0 Å². The van der Waals surface area contributed by atoms with Gasteiger partial charge in [-0.05, 0) is 31.2 Å². The van der Waals surface area contributed by atoms with Crippen LogP contribution in [0.5, 0.6) is 11.6 Å². The quantitative estimate of drug-likeness (QED) is 0.308. The molecule has 8 heteroatoms. The summed E-state index contributed by atoms with van der Waals surface area (Å²) in [6.07, 6.45) is 0.941. The van der Waals surface area contributed by atoms with Crippen molar-refractivity contribution in [2.24, 2.45) is 7.05 Å². The van der Waals surface area contributed by atoms with Crippen molar-refractivity contribution in [1.29, 1.82) is 0 Å². The van der Waals surface area contributed by atoms with Crippen molar-refractivity contribution in [3.63, 3.8) is 0 Å². The molecule has 0 amide bonds. The highest BCUT2D eigenvalue weighted by atomic mass is 19.1. The van der Waals surface area contributed by atoms with Gasteiger partial charge in [0.05, 0.1) is 31.1 Å². The summed E-state index contributed by atoms with van der Waals surface area (Å²) in [4.78, 5) is 2.06. The van der Waals surface area contributed by atoms with Gasteiger partial charge in [0.1, 0.15) is 23.0 Å². The first-order chi connectivity index (χ1) is 17.0. The zero-order valence-corrected chi connectivity index (χ0v) is 19.9. The molecule has 2 heterocycles. The zero-order valence-electron chi connectivity index (χ0n) is 19.9. The van der Waals surface area contributed by atoms with E-state index >= 15 is 0 Å². The Balaban J connectivity index is 1.70. The predicted molar refractivity (Wildman–Crippen MR) is 130 cm³/mol. The number of hydrogen-bond acceptors (Lipinski definition) is 6. The van der Waals surface area contributed by atoms with Crippen LogP contribution < -0.4 is 4.74 Å². The Kier molecular flexibility index (Phi) is 8.31. The van der Waals surface area contributed by atoms with Crippen LogP contribution in [-0.2, 0) is 24.9 Å². The number of aliphatic hydroxyl groups is 1. The van der Waals surface area contributed by atoms with Gasteiger partial charge in [-0.3, -0.25) is 4.90 Å². The van der Waals surface area contributed by atoms with E-state index in [-0.39, 0.29) is 12.4 Å². The molecular formula is C27H30FN3O4. The Labute approximate surface area is 204 Å². The van der Waals surface area contributed by atoms with Crippen LogP contribution in [0.2, 0.25) is 0 Å². The monoisotopic (exact) mass is 479 g/mol. The van der Waals surface area contributed by atoms with E-state index in [1.165, 1.54) is 12.1 Å². The second-order valence-corrected chi connectivity index (χ2v) is 8.24. The Morgan fingerprint density at radius 2 is 1.91 bits per heavy atom. The van der Waals surface area contributed by atoms with Crippen LogP contribution in [-0.4, -0.2) is 45.6 Å². The average molecular weight is 480 g/mol. The van der Waals surface area contributed by atoms with Crippen molar-refractivity contribution in [2.75, 3.05) is 19.8 Å². The van der Waals surface area contributed by atoms with E-state index in [0.717, 1.165) is 22.6 Å². The summed E-state index contributed by atoms with van der Waals surface area (Å²) in [6, 6.07) is 19.6. The van der Waals surface area contributed by atoms with E-state index in [2.05, 4.69) is 4.90 Å². The number of nitrogens with zero attached hydrogens (tertiary/aromatic N) is 3. The first kappa shape index (κ1) is 24.7. The lowest BCUT2D eigenvalue weighted by Gasteiger charge is -2.24. The Morgan fingerprint density at radius 1 is 1.09 bits per heavy atom. The molecule has 0 fully saturated rings. The van der Waals surface area contributed by atoms with E-state index in [1.54, 1.807) is 30.1 Å². The van der Waals surface area contributed by atoms with Crippen molar-refractivity contribution in [2.45, 2.75) is 26.1 Å². The number of furan rings is 1. The second-order valence-electron chi connectivity index (χ2n) is 8.24. The minimum absolute atomic E-state index is 0.233. The molecular weight excluding hydrogens is 449 g/mol. The summed E-state index contributed by atoms with van der Waals surface area (Å²) in [7, 11) is 1.80. The highest BCUT2D eigenvalue weighted by molar-refractivity contribution is 5.65. The molecule has 0 bridgehead atoms. The Hall–Kier alpha value is -3.46. The molecule has 0 aliphatic heterocycles. The maximum atomic E-state index is 13.8. The Morgan fingerprint density at radius 3 is 2.63 bits per heavy atom. The number of aromatic nitrogens is 2. The van der Waals surface area contributed by atoms with Crippen LogP contribution in [0.4, 0.5) is 4.39 Å². The lowest BCUT2D eigenvalue weighted by Crippen LogP contribution is -2.34. The molecule has 2 aromatic carbocycles. The number of benzene rings is 2. The number of halogens is 1. The minimum Gasteiger partial charge on any atom is -0.468 e. The summed E-state index contributed by atoms with van der Waals surface area (Å²) in [5, 5.41) is 15.3. The van der Waals surface area contributed by atoms with Crippen LogP contribution in [0.3, 0.4) is 0 Å². The van der Waals surface area contributed by atoms with Gasteiger partial charge in [0.25, 0.3) is 0 Å². The maximum absolute atomic E-state index is 13.8. The predicted octanol–water partition coefficient (Wildman–Crippen LogP) is 5.01. The summed E-state index contributed by atoms with van der Waals surface area (Å²) in [6.45, 7) is 3.89. The third-order valence-corrected chi connectivity index (χ3v) is 5.47. The van der Waals surface area contributed by atoms with Crippen molar-refractivity contribution in [1.82, 2.24) is 14.7 Å². The summed E-state index contributed by atoms with van der Waals surface area (Å²) in [5.41, 5.74) is 2.50. The van der Waals surface area contributed by atoms with Crippen molar-refractivity contribution < 1.29 is 23.4 Å². The van der Waals surface area contributed by atoms with Gasteiger partial charge in [-0.15, -0.1) is 0 Å². The van der Waals surface area contributed by atoms with Crippen LogP contribution in [0.1, 0.15) is 18.2 Å². The van der Waals surface area contributed by atoms with Crippen LogP contribution in [0.25, 0.3) is 11.3 Å². The normalized spacial score (nSPS) is 12.3. The summed E-state index contributed by atoms with van der Waals surface area (Å²) >= 11 is 0. The lowest BCUT2D eigenvalue weighted by atomic mass is 10.1. The molecule has 0 spiro atoms. The highest BCUT2D eigenvalue weighted by Gasteiger charge is 2.24. The number of rotatable bonds is 12. The first-order valence-electron chi connectivity index (χ1n) is 11.6. The van der Waals surface area contributed by atoms with Crippen molar-refractivity contribution in [3.8, 4) is 22.9 Å². The fourth-order valence-electron chi connectivity index (χ4n) is 3.93. The zero-order chi connectivity index (χ0) is 24.6. The largest absolute Gasteiger partial charge is 0.468 e. The van der Waals surface area contributed by atoms with Crippen LogP contribution in [0, 0.1) is 5.82 Å². The molecule has 0 aliphatic rings. The summed E-state index contributed by atoms with van der Waals surface area (Å²) < 4.78 is 32.6. The molecule has 0 radical (unpaired) electrons. The molecule has 0 saturated carbocycles. The molecule has 0 unspecified atom stereocenters. The van der Waals surface area contributed by atoms with Crippen molar-refractivity contribution >= 4 is 0 Å². The van der Waals surface area contributed by atoms with Gasteiger partial charge in [0.15, 0.2) is 0 Å². The molecule has 4 aromatic rings. The van der Waals surface area contributed by atoms with Gasteiger partial charge in [0.2, 0.25) is 5.88 Å².